The smallest absolute Gasteiger partial charge is 0.0951 e. The van der Waals surface area contributed by atoms with Crippen LogP contribution in [0.3, 0.4) is 0 Å². The first-order valence-electron chi connectivity index (χ1n) is 6.91. The highest BCUT2D eigenvalue weighted by atomic mass is 16.6. The number of ether oxygens (including phenoxy) is 2. The molecule has 0 aromatic rings. The van der Waals surface area contributed by atoms with Crippen LogP contribution in [0.15, 0.2) is 0 Å². The van der Waals surface area contributed by atoms with Crippen LogP contribution in [0, 0.1) is 5.92 Å². The second kappa shape index (κ2) is 4.84. The summed E-state index contributed by atoms with van der Waals surface area (Å²) in [5.41, 5.74) is -0.0273. The SMILES string of the molecule is OC(CNC1CCOC2(CCOC2)C1)C1CC1. The maximum absolute atomic E-state index is 9.86. The molecule has 4 heteroatoms. The van der Waals surface area contributed by atoms with E-state index < -0.39 is 0 Å². The van der Waals surface area contributed by atoms with Gasteiger partial charge in [-0.2, -0.15) is 0 Å². The minimum atomic E-state index is -0.145. The zero-order chi connectivity index (χ0) is 11.7. The van der Waals surface area contributed by atoms with Crippen molar-refractivity contribution in [1.29, 1.82) is 0 Å². The van der Waals surface area contributed by atoms with Gasteiger partial charge >= 0.3 is 0 Å². The van der Waals surface area contributed by atoms with E-state index in [4.69, 9.17) is 9.47 Å². The number of aliphatic hydroxyl groups excluding tert-OH is 1. The van der Waals surface area contributed by atoms with E-state index in [0.717, 1.165) is 45.6 Å². The van der Waals surface area contributed by atoms with Crippen LogP contribution in [-0.4, -0.2) is 49.2 Å². The Labute approximate surface area is 103 Å². The predicted molar refractivity (Wildman–Crippen MR) is 63.9 cm³/mol. The summed E-state index contributed by atoms with van der Waals surface area (Å²) in [6.07, 6.45) is 5.37. The van der Waals surface area contributed by atoms with Crippen LogP contribution < -0.4 is 5.32 Å². The van der Waals surface area contributed by atoms with Crippen LogP contribution in [0.25, 0.3) is 0 Å². The normalized spacial score (nSPS) is 39.7. The average Bonchev–Trinajstić information content (AvgIpc) is 3.10. The van der Waals surface area contributed by atoms with Crippen molar-refractivity contribution in [3.63, 3.8) is 0 Å². The van der Waals surface area contributed by atoms with Gasteiger partial charge in [-0.25, -0.2) is 0 Å². The standard InChI is InChI=1S/C13H23NO3/c15-12(10-1-2-10)8-14-11-3-5-17-13(7-11)4-6-16-9-13/h10-12,14-15H,1-9H2. The van der Waals surface area contributed by atoms with Crippen LogP contribution in [0.2, 0.25) is 0 Å². The lowest BCUT2D eigenvalue weighted by Gasteiger charge is -2.37. The Kier molecular flexibility index (Phi) is 3.39. The van der Waals surface area contributed by atoms with E-state index >= 15 is 0 Å². The molecule has 0 amide bonds. The van der Waals surface area contributed by atoms with Gasteiger partial charge in [-0.15, -0.1) is 0 Å². The summed E-state index contributed by atoms with van der Waals surface area (Å²) in [4.78, 5) is 0. The Morgan fingerprint density at radius 3 is 2.88 bits per heavy atom. The number of nitrogens with one attached hydrogen (secondary N) is 1. The number of rotatable bonds is 4. The molecule has 0 radical (unpaired) electrons. The highest BCUT2D eigenvalue weighted by molar-refractivity contribution is 4.93. The molecule has 0 bridgehead atoms. The van der Waals surface area contributed by atoms with Crippen molar-refractivity contribution in [2.75, 3.05) is 26.4 Å². The molecule has 1 spiro atoms. The molecule has 1 saturated carbocycles. The second-order valence-electron chi connectivity index (χ2n) is 5.84. The van der Waals surface area contributed by atoms with E-state index in [0.29, 0.717) is 12.0 Å². The van der Waals surface area contributed by atoms with Crippen molar-refractivity contribution in [2.45, 2.75) is 49.9 Å². The highest BCUT2D eigenvalue weighted by Gasteiger charge is 2.41. The molecule has 3 aliphatic rings. The number of hydrogen-bond donors (Lipinski definition) is 2. The fourth-order valence-electron chi connectivity index (χ4n) is 3.00. The van der Waals surface area contributed by atoms with E-state index in [2.05, 4.69) is 5.32 Å². The summed E-state index contributed by atoms with van der Waals surface area (Å²) >= 11 is 0. The maximum atomic E-state index is 9.86. The predicted octanol–water partition coefficient (Wildman–Crippen LogP) is 0.685. The molecular formula is C13H23NO3. The fraction of sp³-hybridized carbons (Fsp3) is 1.00. The van der Waals surface area contributed by atoms with Gasteiger partial charge < -0.3 is 19.9 Å². The van der Waals surface area contributed by atoms with Crippen LogP contribution in [0.1, 0.15) is 32.1 Å². The monoisotopic (exact) mass is 241 g/mol. The van der Waals surface area contributed by atoms with Gasteiger partial charge in [0.25, 0.3) is 0 Å². The summed E-state index contributed by atoms with van der Waals surface area (Å²) in [5, 5.41) is 13.4. The van der Waals surface area contributed by atoms with Crippen molar-refractivity contribution in [3.8, 4) is 0 Å². The quantitative estimate of drug-likeness (QED) is 0.760. The van der Waals surface area contributed by atoms with Crippen molar-refractivity contribution in [1.82, 2.24) is 5.32 Å². The minimum absolute atomic E-state index is 0.0273. The van der Waals surface area contributed by atoms with E-state index in [9.17, 15) is 5.11 Å². The molecule has 3 unspecified atom stereocenters. The molecule has 2 heterocycles. The molecule has 17 heavy (non-hydrogen) atoms. The number of aliphatic hydroxyl groups is 1. The van der Waals surface area contributed by atoms with E-state index in [-0.39, 0.29) is 11.7 Å². The first-order chi connectivity index (χ1) is 8.27. The lowest BCUT2D eigenvalue weighted by atomic mass is 9.89. The van der Waals surface area contributed by atoms with Gasteiger partial charge in [0.05, 0.1) is 18.3 Å². The van der Waals surface area contributed by atoms with Crippen LogP contribution in [0.5, 0.6) is 0 Å². The molecule has 3 rings (SSSR count). The van der Waals surface area contributed by atoms with Gasteiger partial charge in [0.1, 0.15) is 0 Å². The van der Waals surface area contributed by atoms with Crippen LogP contribution in [0.4, 0.5) is 0 Å². The molecule has 3 fully saturated rings. The summed E-state index contributed by atoms with van der Waals surface area (Å²) < 4.78 is 11.4. The molecule has 0 aromatic heterocycles. The van der Waals surface area contributed by atoms with Crippen LogP contribution in [-0.2, 0) is 9.47 Å². The van der Waals surface area contributed by atoms with Gasteiger partial charge in [0.2, 0.25) is 0 Å². The largest absolute Gasteiger partial charge is 0.392 e. The third kappa shape index (κ3) is 2.81. The highest BCUT2D eigenvalue weighted by Crippen LogP contribution is 2.34. The average molecular weight is 241 g/mol. The summed E-state index contributed by atoms with van der Waals surface area (Å²) in [5.74, 6) is 0.561. The lowest BCUT2D eigenvalue weighted by Crippen LogP contribution is -2.49. The molecule has 3 atom stereocenters. The minimum Gasteiger partial charge on any atom is -0.392 e. The van der Waals surface area contributed by atoms with E-state index in [1.54, 1.807) is 0 Å². The second-order valence-corrected chi connectivity index (χ2v) is 5.84. The van der Waals surface area contributed by atoms with Crippen LogP contribution >= 0.6 is 0 Å². The Balaban J connectivity index is 1.46. The molecule has 2 N–H and O–H groups in total. The molecule has 98 valence electrons. The topological polar surface area (TPSA) is 50.7 Å². The Morgan fingerprint density at radius 1 is 1.29 bits per heavy atom. The van der Waals surface area contributed by atoms with E-state index in [1.807, 2.05) is 0 Å². The fourth-order valence-corrected chi connectivity index (χ4v) is 3.00. The third-order valence-electron chi connectivity index (χ3n) is 4.34. The van der Waals surface area contributed by atoms with Crippen molar-refractivity contribution in [2.24, 2.45) is 5.92 Å². The van der Waals surface area contributed by atoms with Gasteiger partial charge in [0, 0.05) is 32.2 Å². The van der Waals surface area contributed by atoms with Gasteiger partial charge in [-0.05, 0) is 31.6 Å². The summed E-state index contributed by atoms with van der Waals surface area (Å²) in [6.45, 7) is 3.14. The maximum Gasteiger partial charge on any atom is 0.0951 e. The van der Waals surface area contributed by atoms with Crippen molar-refractivity contribution >= 4 is 0 Å². The molecule has 2 aliphatic heterocycles. The zero-order valence-corrected chi connectivity index (χ0v) is 10.4. The first kappa shape index (κ1) is 11.9. The van der Waals surface area contributed by atoms with Crippen molar-refractivity contribution in [3.05, 3.63) is 0 Å². The lowest BCUT2D eigenvalue weighted by molar-refractivity contribution is -0.0901. The molecule has 0 aromatic carbocycles. The van der Waals surface area contributed by atoms with Gasteiger partial charge in [-0.1, -0.05) is 0 Å². The molecule has 1 aliphatic carbocycles. The zero-order valence-electron chi connectivity index (χ0n) is 10.4. The summed E-state index contributed by atoms with van der Waals surface area (Å²) in [7, 11) is 0. The third-order valence-corrected chi connectivity index (χ3v) is 4.34. The first-order valence-corrected chi connectivity index (χ1v) is 6.91. The molecule has 2 saturated heterocycles. The van der Waals surface area contributed by atoms with E-state index in [1.165, 1.54) is 12.8 Å². The Bertz CT molecular complexity index is 261. The summed E-state index contributed by atoms with van der Waals surface area (Å²) in [6, 6.07) is 0.485. The number of hydrogen-bond acceptors (Lipinski definition) is 4. The van der Waals surface area contributed by atoms with Gasteiger partial charge in [-0.3, -0.25) is 0 Å². The molecule has 4 nitrogen and oxygen atoms in total. The molecular weight excluding hydrogens is 218 g/mol. The van der Waals surface area contributed by atoms with Crippen molar-refractivity contribution < 1.29 is 14.6 Å². The van der Waals surface area contributed by atoms with Gasteiger partial charge in [0.15, 0.2) is 0 Å². The Morgan fingerprint density at radius 2 is 2.18 bits per heavy atom. The Hall–Kier alpha value is -0.160.